The van der Waals surface area contributed by atoms with Gasteiger partial charge in [0.2, 0.25) is 0 Å². The molecule has 0 aliphatic carbocycles. The van der Waals surface area contributed by atoms with E-state index in [-0.39, 0.29) is 6.10 Å². The zero-order chi connectivity index (χ0) is 13.4. The standard InChI is InChI=1S/C13H30N2O2Si/c1-5-16-18(4,17-13(2)3)12-6-9-15-10-7-14-8-11-15/h13-14H,5-12H2,1-4H3. The van der Waals surface area contributed by atoms with Crippen LogP contribution in [0.3, 0.4) is 0 Å². The van der Waals surface area contributed by atoms with Crippen LogP contribution >= 0.6 is 0 Å². The van der Waals surface area contributed by atoms with Crippen LogP contribution in [0, 0.1) is 0 Å². The van der Waals surface area contributed by atoms with Crippen molar-refractivity contribution >= 4 is 8.56 Å². The van der Waals surface area contributed by atoms with E-state index in [9.17, 15) is 0 Å². The highest BCUT2D eigenvalue weighted by Gasteiger charge is 2.31. The number of nitrogens with one attached hydrogen (secondary N) is 1. The number of piperazine rings is 1. The Balaban J connectivity index is 2.27. The number of hydrogen-bond donors (Lipinski definition) is 1. The molecule has 1 unspecified atom stereocenters. The maximum atomic E-state index is 6.05. The van der Waals surface area contributed by atoms with Gasteiger partial charge in [-0.15, -0.1) is 0 Å². The highest BCUT2D eigenvalue weighted by atomic mass is 28.4. The summed E-state index contributed by atoms with van der Waals surface area (Å²) in [5, 5.41) is 3.39. The van der Waals surface area contributed by atoms with Gasteiger partial charge in [0.25, 0.3) is 0 Å². The van der Waals surface area contributed by atoms with Gasteiger partial charge in [-0.1, -0.05) is 0 Å². The molecule has 108 valence electrons. The molecule has 0 aromatic carbocycles. The van der Waals surface area contributed by atoms with Gasteiger partial charge < -0.3 is 19.1 Å². The summed E-state index contributed by atoms with van der Waals surface area (Å²) >= 11 is 0. The molecule has 4 nitrogen and oxygen atoms in total. The van der Waals surface area contributed by atoms with E-state index in [1.165, 1.54) is 26.1 Å². The van der Waals surface area contributed by atoms with Crippen LogP contribution in [0.2, 0.25) is 12.6 Å². The van der Waals surface area contributed by atoms with E-state index in [0.717, 1.165) is 25.7 Å². The summed E-state index contributed by atoms with van der Waals surface area (Å²) in [5.74, 6) is 0. The summed E-state index contributed by atoms with van der Waals surface area (Å²) in [4.78, 5) is 2.53. The molecule has 5 heteroatoms. The summed E-state index contributed by atoms with van der Waals surface area (Å²) in [6.45, 7) is 15.0. The van der Waals surface area contributed by atoms with Crippen molar-refractivity contribution in [3.63, 3.8) is 0 Å². The lowest BCUT2D eigenvalue weighted by Crippen LogP contribution is -2.45. The zero-order valence-electron chi connectivity index (χ0n) is 12.5. The van der Waals surface area contributed by atoms with Gasteiger partial charge in [0.15, 0.2) is 0 Å². The summed E-state index contributed by atoms with van der Waals surface area (Å²) in [5.41, 5.74) is 0. The predicted molar refractivity (Wildman–Crippen MR) is 78.2 cm³/mol. The first-order chi connectivity index (χ1) is 8.56. The largest absolute Gasteiger partial charge is 0.395 e. The van der Waals surface area contributed by atoms with Gasteiger partial charge in [0.1, 0.15) is 0 Å². The van der Waals surface area contributed by atoms with E-state index in [4.69, 9.17) is 8.85 Å². The third-order valence-electron chi connectivity index (χ3n) is 3.25. The predicted octanol–water partition coefficient (Wildman–Crippen LogP) is 1.82. The molecule has 1 saturated heterocycles. The monoisotopic (exact) mass is 274 g/mol. The van der Waals surface area contributed by atoms with Crippen molar-refractivity contribution in [3.8, 4) is 0 Å². The maximum Gasteiger partial charge on any atom is 0.335 e. The summed E-state index contributed by atoms with van der Waals surface area (Å²) in [6, 6.07) is 1.10. The van der Waals surface area contributed by atoms with Gasteiger partial charge in [-0.3, -0.25) is 0 Å². The smallest absolute Gasteiger partial charge is 0.335 e. The van der Waals surface area contributed by atoms with E-state index in [1.54, 1.807) is 0 Å². The minimum Gasteiger partial charge on any atom is -0.395 e. The Morgan fingerprint density at radius 2 is 1.94 bits per heavy atom. The molecular weight excluding hydrogens is 244 g/mol. The maximum absolute atomic E-state index is 6.05. The molecule has 18 heavy (non-hydrogen) atoms. The second-order valence-corrected chi connectivity index (χ2v) is 8.72. The lowest BCUT2D eigenvalue weighted by Gasteiger charge is -2.31. The molecule has 1 atom stereocenters. The number of rotatable bonds is 8. The average molecular weight is 274 g/mol. The van der Waals surface area contributed by atoms with Crippen molar-refractivity contribution in [1.29, 1.82) is 0 Å². The van der Waals surface area contributed by atoms with Crippen LogP contribution in [0.1, 0.15) is 27.2 Å². The van der Waals surface area contributed by atoms with Crippen molar-refractivity contribution in [2.45, 2.75) is 45.9 Å². The fraction of sp³-hybridized carbons (Fsp3) is 1.00. The molecule has 0 saturated carbocycles. The first-order valence-electron chi connectivity index (χ1n) is 7.30. The summed E-state index contributed by atoms with van der Waals surface area (Å²) in [7, 11) is -1.94. The summed E-state index contributed by atoms with van der Waals surface area (Å²) in [6.07, 6.45) is 1.46. The molecule has 0 radical (unpaired) electrons. The van der Waals surface area contributed by atoms with E-state index in [1.807, 2.05) is 0 Å². The minimum atomic E-state index is -1.94. The van der Waals surface area contributed by atoms with Crippen molar-refractivity contribution in [2.24, 2.45) is 0 Å². The third kappa shape index (κ3) is 6.29. The van der Waals surface area contributed by atoms with Crippen molar-refractivity contribution in [1.82, 2.24) is 10.2 Å². The van der Waals surface area contributed by atoms with Crippen molar-refractivity contribution in [3.05, 3.63) is 0 Å². The molecule has 1 aliphatic heterocycles. The Hall–Kier alpha value is 0.0569. The van der Waals surface area contributed by atoms with Crippen LogP contribution in [0.15, 0.2) is 0 Å². The van der Waals surface area contributed by atoms with Gasteiger partial charge in [-0.2, -0.15) is 0 Å². The van der Waals surface area contributed by atoms with Crippen LogP contribution in [-0.2, 0) is 8.85 Å². The highest BCUT2D eigenvalue weighted by Crippen LogP contribution is 2.18. The van der Waals surface area contributed by atoms with Gasteiger partial charge in [0.05, 0.1) is 0 Å². The SMILES string of the molecule is CCO[Si](C)(CCCN1CCNCC1)OC(C)C. The zero-order valence-corrected chi connectivity index (χ0v) is 13.5. The Morgan fingerprint density at radius 1 is 1.28 bits per heavy atom. The topological polar surface area (TPSA) is 33.7 Å². The Kier molecular flexibility index (Phi) is 7.40. The van der Waals surface area contributed by atoms with Crippen LogP contribution < -0.4 is 5.32 Å². The quantitative estimate of drug-likeness (QED) is 0.685. The van der Waals surface area contributed by atoms with E-state index < -0.39 is 8.56 Å². The lowest BCUT2D eigenvalue weighted by molar-refractivity contribution is 0.139. The number of hydrogen-bond acceptors (Lipinski definition) is 4. The second kappa shape index (κ2) is 8.27. The van der Waals surface area contributed by atoms with Crippen LogP contribution in [0.25, 0.3) is 0 Å². The van der Waals surface area contributed by atoms with Crippen LogP contribution in [0.5, 0.6) is 0 Å². The fourth-order valence-electron chi connectivity index (χ4n) is 2.53. The Morgan fingerprint density at radius 3 is 2.50 bits per heavy atom. The Bertz CT molecular complexity index is 223. The minimum absolute atomic E-state index is 0.271. The van der Waals surface area contributed by atoms with E-state index >= 15 is 0 Å². The summed E-state index contributed by atoms with van der Waals surface area (Å²) < 4.78 is 12.0. The molecule has 0 aromatic heterocycles. The molecule has 0 amide bonds. The van der Waals surface area contributed by atoms with Crippen molar-refractivity contribution in [2.75, 3.05) is 39.3 Å². The molecule has 1 N–H and O–H groups in total. The van der Waals surface area contributed by atoms with Gasteiger partial charge in [0, 0.05) is 38.9 Å². The van der Waals surface area contributed by atoms with Crippen LogP contribution in [0.4, 0.5) is 0 Å². The molecular formula is C13H30N2O2Si. The lowest BCUT2D eigenvalue weighted by atomic mass is 10.3. The number of nitrogens with zero attached hydrogens (tertiary/aromatic N) is 1. The Labute approximate surface area is 113 Å². The first kappa shape index (κ1) is 16.1. The molecule has 0 aromatic rings. The highest BCUT2D eigenvalue weighted by molar-refractivity contribution is 6.66. The molecule has 0 spiro atoms. The molecule has 1 rings (SSSR count). The molecule has 1 aliphatic rings. The second-order valence-electron chi connectivity index (χ2n) is 5.43. The first-order valence-corrected chi connectivity index (χ1v) is 9.83. The van der Waals surface area contributed by atoms with Gasteiger partial charge in [-0.25, -0.2) is 0 Å². The van der Waals surface area contributed by atoms with Gasteiger partial charge in [-0.05, 0) is 46.3 Å². The van der Waals surface area contributed by atoms with Gasteiger partial charge >= 0.3 is 8.56 Å². The van der Waals surface area contributed by atoms with Crippen LogP contribution in [-0.4, -0.2) is 58.9 Å². The van der Waals surface area contributed by atoms with E-state index in [0.29, 0.717) is 0 Å². The fourth-order valence-corrected chi connectivity index (χ4v) is 5.27. The molecule has 1 fully saturated rings. The van der Waals surface area contributed by atoms with E-state index in [2.05, 4.69) is 37.5 Å². The molecule has 0 bridgehead atoms. The molecule has 1 heterocycles. The average Bonchev–Trinajstić information content (AvgIpc) is 2.29. The third-order valence-corrected chi connectivity index (χ3v) is 6.38. The van der Waals surface area contributed by atoms with Crippen molar-refractivity contribution < 1.29 is 8.85 Å². The normalized spacial score (nSPS) is 21.2.